The van der Waals surface area contributed by atoms with Gasteiger partial charge < -0.3 is 10.3 Å². The fraction of sp³-hybridized carbons (Fsp3) is 0.143. The molecule has 0 aliphatic carbocycles. The highest BCUT2D eigenvalue weighted by molar-refractivity contribution is 9.10. The number of rotatable bonds is 2. The Bertz CT molecular complexity index is 748. The first kappa shape index (κ1) is 12.2. The van der Waals surface area contributed by atoms with E-state index in [0.29, 0.717) is 0 Å². The average molecular weight is 317 g/mol. The Morgan fingerprint density at radius 2 is 2.16 bits per heavy atom. The maximum absolute atomic E-state index is 5.83. The third-order valence-electron chi connectivity index (χ3n) is 3.13. The predicted molar refractivity (Wildman–Crippen MR) is 80.8 cm³/mol. The molecule has 0 spiro atoms. The molecule has 1 aromatic carbocycles. The Morgan fingerprint density at radius 3 is 2.89 bits per heavy atom. The molecule has 2 N–H and O–H groups in total. The van der Waals surface area contributed by atoms with Crippen LogP contribution in [0.1, 0.15) is 6.92 Å². The minimum atomic E-state index is 0.726. The molecule has 0 amide bonds. The van der Waals surface area contributed by atoms with Crippen LogP contribution in [0.3, 0.4) is 0 Å². The normalized spacial score (nSPS) is 11.1. The number of aromatic nitrogens is 3. The summed E-state index contributed by atoms with van der Waals surface area (Å²) in [5.74, 6) is 0.936. The Kier molecular flexibility index (Phi) is 2.98. The van der Waals surface area contributed by atoms with Crippen LogP contribution < -0.4 is 5.73 Å². The van der Waals surface area contributed by atoms with E-state index in [1.807, 2.05) is 24.3 Å². The number of nitrogens with two attached hydrogens (primary N) is 1. The maximum atomic E-state index is 5.83. The topological polar surface area (TPSA) is 56.7 Å². The number of hydrogen-bond donors (Lipinski definition) is 1. The second kappa shape index (κ2) is 4.66. The summed E-state index contributed by atoms with van der Waals surface area (Å²) in [4.78, 5) is 8.79. The van der Waals surface area contributed by atoms with E-state index in [9.17, 15) is 0 Å². The molecule has 3 aromatic rings. The van der Waals surface area contributed by atoms with E-state index < -0.39 is 0 Å². The lowest BCUT2D eigenvalue weighted by Crippen LogP contribution is -1.98. The van der Waals surface area contributed by atoms with Gasteiger partial charge in [0.2, 0.25) is 0 Å². The van der Waals surface area contributed by atoms with E-state index >= 15 is 0 Å². The van der Waals surface area contributed by atoms with Crippen molar-refractivity contribution < 1.29 is 0 Å². The maximum Gasteiger partial charge on any atom is 0.141 e. The van der Waals surface area contributed by atoms with E-state index in [4.69, 9.17) is 5.73 Å². The smallest absolute Gasteiger partial charge is 0.141 e. The molecule has 0 aliphatic heterocycles. The van der Waals surface area contributed by atoms with Gasteiger partial charge in [-0.2, -0.15) is 0 Å². The van der Waals surface area contributed by atoms with E-state index in [2.05, 4.69) is 37.4 Å². The van der Waals surface area contributed by atoms with E-state index in [1.165, 1.54) is 0 Å². The summed E-state index contributed by atoms with van der Waals surface area (Å²) in [7, 11) is 0. The quantitative estimate of drug-likeness (QED) is 0.736. The number of pyridine rings is 1. The van der Waals surface area contributed by atoms with Crippen LogP contribution in [0.2, 0.25) is 0 Å². The SMILES string of the molecule is CCn1c(-c2ccc(N)c(Br)c2)nc2cnccc21. The highest BCUT2D eigenvalue weighted by atomic mass is 79.9. The van der Waals surface area contributed by atoms with Crippen LogP contribution in [0.25, 0.3) is 22.4 Å². The first-order valence-electron chi connectivity index (χ1n) is 6.06. The zero-order valence-electron chi connectivity index (χ0n) is 10.5. The van der Waals surface area contributed by atoms with Crippen molar-refractivity contribution in [2.45, 2.75) is 13.5 Å². The lowest BCUT2D eigenvalue weighted by atomic mass is 10.2. The van der Waals surface area contributed by atoms with Gasteiger partial charge in [0.1, 0.15) is 11.3 Å². The molecule has 0 radical (unpaired) electrons. The lowest BCUT2D eigenvalue weighted by Gasteiger charge is -2.07. The molecular formula is C14H13BrN4. The molecule has 2 aromatic heterocycles. The first-order valence-corrected chi connectivity index (χ1v) is 6.85. The zero-order valence-corrected chi connectivity index (χ0v) is 12.1. The van der Waals surface area contributed by atoms with E-state index in [-0.39, 0.29) is 0 Å². The van der Waals surface area contributed by atoms with Crippen LogP contribution in [-0.4, -0.2) is 14.5 Å². The van der Waals surface area contributed by atoms with Gasteiger partial charge in [0.25, 0.3) is 0 Å². The van der Waals surface area contributed by atoms with Gasteiger partial charge in [0, 0.05) is 28.5 Å². The molecule has 2 heterocycles. The van der Waals surface area contributed by atoms with Gasteiger partial charge in [0.15, 0.2) is 0 Å². The van der Waals surface area contributed by atoms with Crippen LogP contribution in [0.15, 0.2) is 41.1 Å². The Morgan fingerprint density at radius 1 is 1.32 bits per heavy atom. The standard InChI is InChI=1S/C14H13BrN4/c1-2-19-13-5-6-17-8-12(13)18-14(19)9-3-4-11(16)10(15)7-9/h3-8H,2,16H2,1H3. The molecule has 96 valence electrons. The minimum absolute atomic E-state index is 0.726. The molecule has 0 fully saturated rings. The number of hydrogen-bond acceptors (Lipinski definition) is 3. The van der Waals surface area contributed by atoms with Gasteiger partial charge in [-0.05, 0) is 47.1 Å². The second-order valence-corrected chi connectivity index (χ2v) is 5.13. The largest absolute Gasteiger partial charge is 0.398 e. The van der Waals surface area contributed by atoms with E-state index in [0.717, 1.165) is 39.1 Å². The number of halogens is 1. The monoisotopic (exact) mass is 316 g/mol. The number of fused-ring (bicyclic) bond motifs is 1. The molecule has 0 saturated carbocycles. The molecule has 5 heteroatoms. The Balaban J connectivity index is 2.26. The fourth-order valence-electron chi connectivity index (χ4n) is 2.19. The predicted octanol–water partition coefficient (Wildman–Crippen LogP) is 3.46. The summed E-state index contributed by atoms with van der Waals surface area (Å²) in [6.45, 7) is 2.97. The van der Waals surface area contributed by atoms with Gasteiger partial charge in [-0.3, -0.25) is 4.98 Å². The molecule has 0 atom stereocenters. The molecule has 3 rings (SSSR count). The minimum Gasteiger partial charge on any atom is -0.398 e. The number of aryl methyl sites for hydroxylation is 1. The average Bonchev–Trinajstić information content (AvgIpc) is 2.80. The van der Waals surface area contributed by atoms with Crippen molar-refractivity contribution >= 4 is 32.7 Å². The van der Waals surface area contributed by atoms with Crippen molar-refractivity contribution in [3.63, 3.8) is 0 Å². The summed E-state index contributed by atoms with van der Waals surface area (Å²) in [6.07, 6.45) is 3.58. The van der Waals surface area contributed by atoms with Crippen molar-refractivity contribution in [2.24, 2.45) is 0 Å². The summed E-state index contributed by atoms with van der Waals surface area (Å²) in [6, 6.07) is 7.86. The highest BCUT2D eigenvalue weighted by Gasteiger charge is 2.12. The molecule has 19 heavy (non-hydrogen) atoms. The third-order valence-corrected chi connectivity index (χ3v) is 3.81. The Hall–Kier alpha value is -1.88. The molecule has 4 nitrogen and oxygen atoms in total. The summed E-state index contributed by atoms with van der Waals surface area (Å²) < 4.78 is 3.06. The molecule has 0 saturated heterocycles. The van der Waals surface area contributed by atoms with Crippen molar-refractivity contribution in [3.05, 3.63) is 41.1 Å². The van der Waals surface area contributed by atoms with E-state index in [1.54, 1.807) is 12.4 Å². The summed E-state index contributed by atoms with van der Waals surface area (Å²) in [5, 5.41) is 0. The van der Waals surface area contributed by atoms with Crippen LogP contribution in [0, 0.1) is 0 Å². The van der Waals surface area contributed by atoms with Crippen LogP contribution in [0.5, 0.6) is 0 Å². The highest BCUT2D eigenvalue weighted by Crippen LogP contribution is 2.29. The number of anilines is 1. The number of nitrogen functional groups attached to an aromatic ring is 1. The molecule has 0 unspecified atom stereocenters. The number of nitrogens with zero attached hydrogens (tertiary/aromatic N) is 3. The van der Waals surface area contributed by atoms with Crippen LogP contribution in [-0.2, 0) is 6.54 Å². The lowest BCUT2D eigenvalue weighted by molar-refractivity contribution is 0.796. The second-order valence-electron chi connectivity index (χ2n) is 4.28. The van der Waals surface area contributed by atoms with Gasteiger partial charge in [0.05, 0.1) is 11.7 Å². The zero-order chi connectivity index (χ0) is 13.4. The van der Waals surface area contributed by atoms with Crippen LogP contribution >= 0.6 is 15.9 Å². The Labute approximate surface area is 119 Å². The number of imidazole rings is 1. The molecule has 0 aliphatic rings. The van der Waals surface area contributed by atoms with Gasteiger partial charge in [-0.1, -0.05) is 0 Å². The van der Waals surface area contributed by atoms with Crippen molar-refractivity contribution in [1.29, 1.82) is 0 Å². The van der Waals surface area contributed by atoms with Gasteiger partial charge in [-0.25, -0.2) is 4.98 Å². The summed E-state index contributed by atoms with van der Waals surface area (Å²) in [5.41, 5.74) is 9.60. The molecule has 0 bridgehead atoms. The fourth-order valence-corrected chi connectivity index (χ4v) is 2.57. The van der Waals surface area contributed by atoms with Crippen molar-refractivity contribution in [2.75, 3.05) is 5.73 Å². The first-order chi connectivity index (χ1) is 9.20. The van der Waals surface area contributed by atoms with Crippen molar-refractivity contribution in [1.82, 2.24) is 14.5 Å². The number of benzene rings is 1. The summed E-state index contributed by atoms with van der Waals surface area (Å²) >= 11 is 3.46. The third kappa shape index (κ3) is 2.00. The van der Waals surface area contributed by atoms with Crippen LogP contribution in [0.4, 0.5) is 5.69 Å². The van der Waals surface area contributed by atoms with Gasteiger partial charge in [-0.15, -0.1) is 0 Å². The molecular weight excluding hydrogens is 304 g/mol. The van der Waals surface area contributed by atoms with Crippen molar-refractivity contribution in [3.8, 4) is 11.4 Å². The van der Waals surface area contributed by atoms with Gasteiger partial charge >= 0.3 is 0 Å².